The molecule has 0 saturated carbocycles. The molecule has 3 aromatic rings. The Kier molecular flexibility index (Phi) is 17.7. The van der Waals surface area contributed by atoms with Crippen molar-refractivity contribution in [2.45, 2.75) is 95.5 Å². The zero-order valence-electron chi connectivity index (χ0n) is 29.3. The minimum atomic E-state index is -4.66. The van der Waals surface area contributed by atoms with Gasteiger partial charge in [0.2, 0.25) is 5.91 Å². The Morgan fingerprint density at radius 3 is 1.98 bits per heavy atom. The van der Waals surface area contributed by atoms with Crippen molar-refractivity contribution in [3.05, 3.63) is 106 Å². The summed E-state index contributed by atoms with van der Waals surface area (Å²) in [5.74, 6) is -4.61. The molecule has 288 valence electrons. The Hall–Kier alpha value is -3.59. The molecule has 3 aromatic carbocycles. The van der Waals surface area contributed by atoms with Gasteiger partial charge in [-0.3, -0.25) is 9.59 Å². The monoisotopic (exact) mass is 775 g/mol. The molecule has 0 unspecified atom stereocenters. The van der Waals surface area contributed by atoms with Crippen LogP contribution in [0.15, 0.2) is 66.7 Å². The predicted octanol–water partition coefficient (Wildman–Crippen LogP) is 6.33. The molecule has 0 spiro atoms. The number of carbonyl (C=O) groups excluding carboxylic acids is 2. The molecule has 0 saturated heterocycles. The zero-order valence-corrected chi connectivity index (χ0v) is 30.9. The van der Waals surface area contributed by atoms with Crippen molar-refractivity contribution < 1.29 is 45.1 Å². The predicted molar refractivity (Wildman–Crippen MR) is 193 cm³/mol. The Labute approximate surface area is 308 Å². The summed E-state index contributed by atoms with van der Waals surface area (Å²) >= 11 is 0. The molecule has 8 nitrogen and oxygen atoms in total. The second-order valence-electron chi connectivity index (χ2n) is 12.6. The largest absolute Gasteiger partial charge is 0.416 e. The van der Waals surface area contributed by atoms with Crippen molar-refractivity contribution in [3.8, 4) is 0 Å². The highest BCUT2D eigenvalue weighted by atomic mass is 35.5. The minimum absolute atomic E-state index is 0. The molecule has 0 aliphatic carbocycles. The summed E-state index contributed by atoms with van der Waals surface area (Å²) in [5, 5.41) is 18.5. The average molecular weight is 776 g/mol. The van der Waals surface area contributed by atoms with Gasteiger partial charge in [0.25, 0.3) is 5.91 Å². The van der Waals surface area contributed by atoms with E-state index in [9.17, 15) is 45.1 Å². The van der Waals surface area contributed by atoms with E-state index < -0.39 is 74.2 Å². The molecule has 0 bridgehead atoms. The van der Waals surface area contributed by atoms with Crippen LogP contribution in [0.25, 0.3) is 0 Å². The average Bonchev–Trinajstić information content (AvgIpc) is 3.06. The maximum atomic E-state index is 14.1. The number of amides is 2. The molecule has 0 heterocycles. The van der Waals surface area contributed by atoms with Gasteiger partial charge in [0, 0.05) is 24.7 Å². The van der Waals surface area contributed by atoms with E-state index in [4.69, 9.17) is 0 Å². The second-order valence-corrected chi connectivity index (χ2v) is 14.9. The van der Waals surface area contributed by atoms with Crippen LogP contribution in [0.5, 0.6) is 0 Å². The molecule has 0 aliphatic heterocycles. The van der Waals surface area contributed by atoms with E-state index in [1.54, 1.807) is 0 Å². The molecule has 0 aromatic heterocycles. The Balaban J connectivity index is 0.00000936. The third kappa shape index (κ3) is 13.8. The standard InChI is InChI=1S/C37H46F5N3O5S.ClH/c1-4-8-31(9-5-2)51(49,50)23-33(45-35(47)27-12-14-28(15-13-27)37(40,41)42)36(48)44-32(19-26-17-29(38)20-30(39)18-26)34(46)22-43-21-25-11-7-10-24(6-3)16-25;/h7,10-18,20,31-34,43,46H,4-6,8-9,19,21-23H2,1-3H3,(H,44,48)(H,45,47);1H/t32-,33-,34+;/m0./s1. The van der Waals surface area contributed by atoms with Gasteiger partial charge in [0.15, 0.2) is 9.84 Å². The number of nitrogens with one attached hydrogen (secondary N) is 3. The van der Waals surface area contributed by atoms with Crippen LogP contribution in [0.3, 0.4) is 0 Å². The first kappa shape index (κ1) is 44.6. The third-order valence-corrected chi connectivity index (χ3v) is 10.8. The Morgan fingerprint density at radius 2 is 1.42 bits per heavy atom. The lowest BCUT2D eigenvalue weighted by Gasteiger charge is -2.28. The maximum Gasteiger partial charge on any atom is 0.416 e. The van der Waals surface area contributed by atoms with Crippen LogP contribution >= 0.6 is 12.4 Å². The van der Waals surface area contributed by atoms with E-state index in [1.165, 1.54) is 0 Å². The number of carbonyl (C=O) groups is 2. The normalized spacial score (nSPS) is 13.6. The molecule has 2 amide bonds. The SMILES string of the molecule is CCCC(CCC)S(=O)(=O)C[C@H](NC(=O)c1ccc(C(F)(F)F)cc1)C(=O)N[C@@H](Cc1cc(F)cc(F)c1)[C@H](O)CNCc1cccc(CC)c1.Cl. The minimum Gasteiger partial charge on any atom is -0.390 e. The van der Waals surface area contributed by atoms with Gasteiger partial charge in [0.05, 0.1) is 28.7 Å². The van der Waals surface area contributed by atoms with Crippen molar-refractivity contribution in [2.75, 3.05) is 12.3 Å². The lowest BCUT2D eigenvalue weighted by molar-refractivity contribution is -0.137. The van der Waals surface area contributed by atoms with Crippen LogP contribution in [-0.4, -0.2) is 61.1 Å². The van der Waals surface area contributed by atoms with Gasteiger partial charge in [-0.15, -0.1) is 12.4 Å². The fourth-order valence-electron chi connectivity index (χ4n) is 5.77. The third-order valence-electron chi connectivity index (χ3n) is 8.48. The topological polar surface area (TPSA) is 125 Å². The summed E-state index contributed by atoms with van der Waals surface area (Å²) in [6, 6.07) is 10.7. The lowest BCUT2D eigenvalue weighted by atomic mass is 10.00. The highest BCUT2D eigenvalue weighted by Crippen LogP contribution is 2.29. The number of aliphatic hydroxyl groups excluding tert-OH is 1. The number of aliphatic hydroxyl groups is 1. The fraction of sp³-hybridized carbons (Fsp3) is 0.459. The van der Waals surface area contributed by atoms with Gasteiger partial charge in [-0.25, -0.2) is 17.2 Å². The number of aryl methyl sites for hydroxylation is 1. The second kappa shape index (κ2) is 20.6. The van der Waals surface area contributed by atoms with E-state index in [0.717, 1.165) is 41.8 Å². The molecule has 52 heavy (non-hydrogen) atoms. The van der Waals surface area contributed by atoms with E-state index in [0.29, 0.717) is 50.4 Å². The van der Waals surface area contributed by atoms with Crippen LogP contribution in [0.2, 0.25) is 0 Å². The van der Waals surface area contributed by atoms with E-state index >= 15 is 0 Å². The maximum absolute atomic E-state index is 14.1. The molecule has 0 aliphatic rings. The summed E-state index contributed by atoms with van der Waals surface area (Å²) in [5.41, 5.74) is 0.874. The highest BCUT2D eigenvalue weighted by molar-refractivity contribution is 7.92. The number of hydrogen-bond acceptors (Lipinski definition) is 6. The van der Waals surface area contributed by atoms with Crippen molar-refractivity contribution in [2.24, 2.45) is 0 Å². The van der Waals surface area contributed by atoms with Crippen molar-refractivity contribution in [1.82, 2.24) is 16.0 Å². The number of sulfone groups is 1. The van der Waals surface area contributed by atoms with Gasteiger partial charge in [-0.2, -0.15) is 13.2 Å². The van der Waals surface area contributed by atoms with Crippen molar-refractivity contribution in [3.63, 3.8) is 0 Å². The van der Waals surface area contributed by atoms with E-state index in [2.05, 4.69) is 16.0 Å². The number of benzene rings is 3. The summed E-state index contributed by atoms with van der Waals surface area (Å²) in [6.45, 7) is 5.89. The quantitative estimate of drug-likeness (QED) is 0.106. The number of alkyl halides is 3. The Bertz CT molecular complexity index is 1680. The highest BCUT2D eigenvalue weighted by Gasteiger charge is 2.35. The summed E-state index contributed by atoms with van der Waals surface area (Å²) in [6.07, 6.45) is -3.79. The van der Waals surface area contributed by atoms with E-state index in [1.807, 2.05) is 45.0 Å². The molecule has 0 radical (unpaired) electrons. The molecule has 0 fully saturated rings. The van der Waals surface area contributed by atoms with Crippen LogP contribution in [0.4, 0.5) is 22.0 Å². The lowest BCUT2D eigenvalue weighted by Crippen LogP contribution is -2.57. The smallest absolute Gasteiger partial charge is 0.390 e. The van der Waals surface area contributed by atoms with Gasteiger partial charge >= 0.3 is 6.18 Å². The molecule has 15 heteroatoms. The summed E-state index contributed by atoms with van der Waals surface area (Å²) < 4.78 is 94.8. The first-order valence-electron chi connectivity index (χ1n) is 17.0. The van der Waals surface area contributed by atoms with Gasteiger partial charge in [0.1, 0.15) is 17.7 Å². The van der Waals surface area contributed by atoms with Gasteiger partial charge in [-0.05, 0) is 78.8 Å². The van der Waals surface area contributed by atoms with Gasteiger partial charge < -0.3 is 21.1 Å². The van der Waals surface area contributed by atoms with Crippen LogP contribution in [0, 0.1) is 11.6 Å². The Morgan fingerprint density at radius 1 is 0.827 bits per heavy atom. The first-order valence-corrected chi connectivity index (χ1v) is 18.7. The molecule has 3 atom stereocenters. The molecule has 3 rings (SSSR count). The van der Waals surface area contributed by atoms with Crippen LogP contribution in [0.1, 0.15) is 79.1 Å². The first-order chi connectivity index (χ1) is 24.1. The zero-order chi connectivity index (χ0) is 37.8. The van der Waals surface area contributed by atoms with Crippen LogP contribution < -0.4 is 16.0 Å². The van der Waals surface area contributed by atoms with E-state index in [-0.39, 0.29) is 36.5 Å². The summed E-state index contributed by atoms with van der Waals surface area (Å²) in [7, 11) is -4.02. The number of halogens is 6. The van der Waals surface area contributed by atoms with Crippen molar-refractivity contribution >= 4 is 34.1 Å². The fourth-order valence-corrected chi connectivity index (χ4v) is 7.93. The van der Waals surface area contributed by atoms with Crippen LogP contribution in [-0.2, 0) is 40.2 Å². The van der Waals surface area contributed by atoms with Gasteiger partial charge in [-0.1, -0.05) is 57.9 Å². The van der Waals surface area contributed by atoms with Crippen molar-refractivity contribution in [1.29, 1.82) is 0 Å². The molecular weight excluding hydrogens is 729 g/mol. The molecular formula is C37H47ClF5N3O5S. The number of hydrogen-bond donors (Lipinski definition) is 4. The molecule has 4 N–H and O–H groups in total. The number of rotatable bonds is 19. The summed E-state index contributed by atoms with van der Waals surface area (Å²) in [4.78, 5) is 27.1.